The van der Waals surface area contributed by atoms with Crippen molar-refractivity contribution in [3.63, 3.8) is 0 Å². The van der Waals surface area contributed by atoms with Crippen LogP contribution in [0.15, 0.2) is 47.4 Å². The summed E-state index contributed by atoms with van der Waals surface area (Å²) in [6.07, 6.45) is 0.611. The first-order valence-electron chi connectivity index (χ1n) is 7.20. The minimum absolute atomic E-state index is 0.179. The van der Waals surface area contributed by atoms with E-state index >= 15 is 0 Å². The summed E-state index contributed by atoms with van der Waals surface area (Å²) in [6, 6.07) is 9.53. The lowest BCUT2D eigenvalue weighted by molar-refractivity contribution is 0.102. The lowest BCUT2D eigenvalue weighted by atomic mass is 10.2. The Labute approximate surface area is 144 Å². The van der Waals surface area contributed by atoms with Crippen molar-refractivity contribution in [3.8, 4) is 0 Å². The molecule has 0 saturated heterocycles. The van der Waals surface area contributed by atoms with Crippen LogP contribution in [0.25, 0.3) is 0 Å². The van der Waals surface area contributed by atoms with Crippen molar-refractivity contribution in [2.75, 3.05) is 11.9 Å². The SMILES string of the molecule is CCCNS(=O)(=O)c1ccc(F)c(C(=O)Nc2ccccc2Cl)c1. The maximum absolute atomic E-state index is 14.0. The molecule has 0 aliphatic carbocycles. The fraction of sp³-hybridized carbons (Fsp3) is 0.188. The molecule has 0 aliphatic rings. The molecule has 2 aromatic rings. The zero-order valence-electron chi connectivity index (χ0n) is 12.8. The summed E-state index contributed by atoms with van der Waals surface area (Å²) in [6.45, 7) is 2.07. The van der Waals surface area contributed by atoms with E-state index < -0.39 is 21.7 Å². The molecule has 24 heavy (non-hydrogen) atoms. The second-order valence-electron chi connectivity index (χ2n) is 4.97. The number of amides is 1. The van der Waals surface area contributed by atoms with E-state index in [0.717, 1.165) is 18.2 Å². The van der Waals surface area contributed by atoms with E-state index in [0.29, 0.717) is 17.1 Å². The van der Waals surface area contributed by atoms with Crippen LogP contribution >= 0.6 is 11.6 Å². The minimum Gasteiger partial charge on any atom is -0.321 e. The molecule has 5 nitrogen and oxygen atoms in total. The van der Waals surface area contributed by atoms with E-state index in [2.05, 4.69) is 10.0 Å². The fourth-order valence-corrected chi connectivity index (χ4v) is 3.26. The summed E-state index contributed by atoms with van der Waals surface area (Å²) in [5.41, 5.74) is -0.0739. The van der Waals surface area contributed by atoms with Crippen LogP contribution in [0.5, 0.6) is 0 Å². The summed E-state index contributed by atoms with van der Waals surface area (Å²) < 4.78 is 40.5. The molecule has 0 bridgehead atoms. The van der Waals surface area contributed by atoms with Gasteiger partial charge in [-0.25, -0.2) is 17.5 Å². The molecule has 8 heteroatoms. The van der Waals surface area contributed by atoms with Crippen molar-refractivity contribution in [2.45, 2.75) is 18.2 Å². The number of para-hydroxylation sites is 1. The Kier molecular flexibility index (Phi) is 5.93. The van der Waals surface area contributed by atoms with Crippen LogP contribution in [0.1, 0.15) is 23.7 Å². The number of anilines is 1. The first-order valence-corrected chi connectivity index (χ1v) is 9.06. The maximum atomic E-state index is 14.0. The quantitative estimate of drug-likeness (QED) is 0.818. The third-order valence-corrected chi connectivity index (χ3v) is 4.95. The van der Waals surface area contributed by atoms with E-state index in [1.807, 2.05) is 6.92 Å². The van der Waals surface area contributed by atoms with Crippen molar-refractivity contribution in [1.82, 2.24) is 4.72 Å². The molecule has 128 valence electrons. The van der Waals surface area contributed by atoms with Gasteiger partial charge in [0, 0.05) is 6.54 Å². The van der Waals surface area contributed by atoms with Crippen LogP contribution < -0.4 is 10.0 Å². The van der Waals surface area contributed by atoms with Crippen molar-refractivity contribution in [3.05, 3.63) is 58.9 Å². The van der Waals surface area contributed by atoms with Gasteiger partial charge in [0.1, 0.15) is 5.82 Å². The Morgan fingerprint density at radius 2 is 1.92 bits per heavy atom. The summed E-state index contributed by atoms with van der Waals surface area (Å²) >= 11 is 5.94. The summed E-state index contributed by atoms with van der Waals surface area (Å²) in [5, 5.41) is 2.75. The second kappa shape index (κ2) is 7.74. The van der Waals surface area contributed by atoms with Gasteiger partial charge < -0.3 is 5.32 Å². The normalized spacial score (nSPS) is 11.3. The highest BCUT2D eigenvalue weighted by Gasteiger charge is 2.19. The highest BCUT2D eigenvalue weighted by molar-refractivity contribution is 7.89. The zero-order valence-corrected chi connectivity index (χ0v) is 14.4. The van der Waals surface area contributed by atoms with Gasteiger partial charge in [0.15, 0.2) is 0 Å². The highest BCUT2D eigenvalue weighted by atomic mass is 35.5. The molecule has 1 amide bonds. The molecule has 0 unspecified atom stereocenters. The fourth-order valence-electron chi connectivity index (χ4n) is 1.92. The minimum atomic E-state index is -3.80. The lowest BCUT2D eigenvalue weighted by Gasteiger charge is -2.10. The molecular formula is C16H16ClFN2O3S. The van der Waals surface area contributed by atoms with E-state index in [4.69, 9.17) is 11.6 Å². The van der Waals surface area contributed by atoms with Gasteiger partial charge in [0.25, 0.3) is 5.91 Å². The average molecular weight is 371 g/mol. The van der Waals surface area contributed by atoms with Gasteiger partial charge in [-0.15, -0.1) is 0 Å². The number of nitrogens with one attached hydrogen (secondary N) is 2. The zero-order chi connectivity index (χ0) is 17.7. The van der Waals surface area contributed by atoms with Crippen LogP contribution in [-0.4, -0.2) is 20.9 Å². The molecule has 0 saturated carbocycles. The highest BCUT2D eigenvalue weighted by Crippen LogP contribution is 2.22. The molecule has 2 aromatic carbocycles. The topological polar surface area (TPSA) is 75.3 Å². The third-order valence-electron chi connectivity index (χ3n) is 3.16. The Balaban J connectivity index is 2.32. The van der Waals surface area contributed by atoms with Gasteiger partial charge in [0.2, 0.25) is 10.0 Å². The Bertz CT molecular complexity index is 856. The van der Waals surface area contributed by atoms with Crippen molar-refractivity contribution < 1.29 is 17.6 Å². The van der Waals surface area contributed by atoms with Gasteiger partial charge in [-0.05, 0) is 36.8 Å². The van der Waals surface area contributed by atoms with Gasteiger partial charge in [-0.2, -0.15) is 0 Å². The molecular weight excluding hydrogens is 355 g/mol. The van der Waals surface area contributed by atoms with Crippen LogP contribution in [0.2, 0.25) is 5.02 Å². The van der Waals surface area contributed by atoms with Gasteiger partial charge >= 0.3 is 0 Å². The largest absolute Gasteiger partial charge is 0.321 e. The molecule has 0 radical (unpaired) electrons. The van der Waals surface area contributed by atoms with E-state index in [1.54, 1.807) is 24.3 Å². The molecule has 0 heterocycles. The molecule has 2 N–H and O–H groups in total. The number of hydrogen-bond donors (Lipinski definition) is 2. The molecule has 0 spiro atoms. The summed E-state index contributed by atoms with van der Waals surface area (Å²) in [7, 11) is -3.80. The van der Waals surface area contributed by atoms with Crippen LogP contribution in [0.3, 0.4) is 0 Å². The van der Waals surface area contributed by atoms with E-state index in [-0.39, 0.29) is 17.0 Å². The summed E-state index contributed by atoms with van der Waals surface area (Å²) in [5.74, 6) is -1.61. The van der Waals surface area contributed by atoms with Gasteiger partial charge in [-0.1, -0.05) is 30.7 Å². The van der Waals surface area contributed by atoms with E-state index in [1.165, 1.54) is 0 Å². The van der Waals surface area contributed by atoms with Crippen LogP contribution in [-0.2, 0) is 10.0 Å². The van der Waals surface area contributed by atoms with Crippen molar-refractivity contribution in [2.24, 2.45) is 0 Å². The molecule has 0 atom stereocenters. The number of halogens is 2. The number of sulfonamides is 1. The first kappa shape index (κ1) is 18.4. The van der Waals surface area contributed by atoms with Crippen LogP contribution in [0, 0.1) is 5.82 Å². The number of benzene rings is 2. The third kappa shape index (κ3) is 4.31. The molecule has 2 rings (SSSR count). The Morgan fingerprint density at radius 1 is 1.21 bits per heavy atom. The van der Waals surface area contributed by atoms with Crippen molar-refractivity contribution in [1.29, 1.82) is 0 Å². The lowest BCUT2D eigenvalue weighted by Crippen LogP contribution is -2.25. The molecule has 0 fully saturated rings. The average Bonchev–Trinajstić information content (AvgIpc) is 2.55. The predicted molar refractivity (Wildman–Crippen MR) is 91.3 cm³/mol. The predicted octanol–water partition coefficient (Wildman–Crippen LogP) is 3.42. The number of hydrogen-bond acceptors (Lipinski definition) is 3. The monoisotopic (exact) mass is 370 g/mol. The van der Waals surface area contributed by atoms with E-state index in [9.17, 15) is 17.6 Å². The number of carbonyl (C=O) groups is 1. The smallest absolute Gasteiger partial charge is 0.258 e. The van der Waals surface area contributed by atoms with Gasteiger partial charge in [0.05, 0.1) is 21.2 Å². The summed E-state index contributed by atoms with van der Waals surface area (Å²) in [4.78, 5) is 12.1. The van der Waals surface area contributed by atoms with Gasteiger partial charge in [-0.3, -0.25) is 4.79 Å². The molecule has 0 aromatic heterocycles. The second-order valence-corrected chi connectivity index (χ2v) is 7.15. The standard InChI is InChI=1S/C16H16ClFN2O3S/c1-2-9-19-24(22,23)11-7-8-14(18)12(10-11)16(21)20-15-6-4-3-5-13(15)17/h3-8,10,19H,2,9H2,1H3,(H,20,21). The molecule has 0 aliphatic heterocycles. The number of carbonyl (C=O) groups excluding carboxylic acids is 1. The Hall–Kier alpha value is -1.96. The van der Waals surface area contributed by atoms with Crippen molar-refractivity contribution >= 4 is 33.2 Å². The number of rotatable bonds is 6. The Morgan fingerprint density at radius 3 is 2.58 bits per heavy atom. The van der Waals surface area contributed by atoms with Crippen LogP contribution in [0.4, 0.5) is 10.1 Å². The maximum Gasteiger partial charge on any atom is 0.258 e. The first-order chi connectivity index (χ1) is 11.3.